The number of aromatic nitrogens is 5. The third kappa shape index (κ3) is 3.83. The van der Waals surface area contributed by atoms with Gasteiger partial charge in [-0.1, -0.05) is 17.8 Å². The quantitative estimate of drug-likeness (QED) is 0.619. The average molecular weight is 391 g/mol. The zero-order chi connectivity index (χ0) is 18.7. The molecule has 1 amide bonds. The summed E-state index contributed by atoms with van der Waals surface area (Å²) in [6, 6.07) is 6.01. The van der Waals surface area contributed by atoms with Crippen molar-refractivity contribution >= 4 is 34.8 Å². The summed E-state index contributed by atoms with van der Waals surface area (Å²) in [5.74, 6) is 1.46. The molecule has 26 heavy (non-hydrogen) atoms. The fourth-order valence-corrected chi connectivity index (χ4v) is 4.14. The molecule has 0 saturated heterocycles. The number of carbonyl (C=O) groups excluding carboxylic acids is 1. The summed E-state index contributed by atoms with van der Waals surface area (Å²) in [5, 5.41) is 18.3. The summed E-state index contributed by atoms with van der Waals surface area (Å²) in [6.45, 7) is 8.72. The van der Waals surface area contributed by atoms with E-state index in [1.807, 2.05) is 42.9 Å². The van der Waals surface area contributed by atoms with Crippen LogP contribution in [0.4, 0.5) is 5.82 Å². The van der Waals surface area contributed by atoms with Gasteiger partial charge in [-0.05, 0) is 39.1 Å². The third-order valence-electron chi connectivity index (χ3n) is 3.84. The van der Waals surface area contributed by atoms with E-state index in [1.54, 1.807) is 28.3 Å². The molecule has 3 aromatic heterocycles. The van der Waals surface area contributed by atoms with Crippen LogP contribution in [0.1, 0.15) is 33.7 Å². The van der Waals surface area contributed by atoms with Crippen molar-refractivity contribution in [3.63, 3.8) is 0 Å². The molecule has 0 aliphatic carbocycles. The Labute approximate surface area is 160 Å². The van der Waals surface area contributed by atoms with Crippen molar-refractivity contribution in [3.05, 3.63) is 29.8 Å². The Bertz CT molecular complexity index is 868. The van der Waals surface area contributed by atoms with Crippen molar-refractivity contribution < 1.29 is 4.79 Å². The molecule has 0 aliphatic rings. The first-order chi connectivity index (χ1) is 12.5. The second-order valence-corrected chi connectivity index (χ2v) is 8.29. The Hall–Kier alpha value is -2.13. The van der Waals surface area contributed by atoms with Crippen LogP contribution in [0.5, 0.6) is 0 Å². The van der Waals surface area contributed by atoms with E-state index < -0.39 is 0 Å². The summed E-state index contributed by atoms with van der Waals surface area (Å²) in [7, 11) is 0. The molecule has 138 valence electrons. The highest BCUT2D eigenvalue weighted by molar-refractivity contribution is 8.00. The molecule has 0 fully saturated rings. The van der Waals surface area contributed by atoms with Crippen LogP contribution in [-0.2, 0) is 11.3 Å². The average Bonchev–Trinajstić information content (AvgIpc) is 3.34. The standard InChI is InChI=1S/C17H22N6OS2/c1-5-22-15(13-7-6-10-25-13)20-21-17(22)26-12(4)16(24)19-14-8-9-18-23(14)11(2)3/h6-12H,5H2,1-4H3,(H,19,24). The first-order valence-electron chi connectivity index (χ1n) is 8.49. The zero-order valence-corrected chi connectivity index (χ0v) is 16.8. The van der Waals surface area contributed by atoms with E-state index >= 15 is 0 Å². The molecule has 3 aromatic rings. The number of hydrogen-bond acceptors (Lipinski definition) is 6. The first-order valence-corrected chi connectivity index (χ1v) is 10.2. The molecule has 0 radical (unpaired) electrons. The molecule has 0 aromatic carbocycles. The predicted molar refractivity (Wildman–Crippen MR) is 106 cm³/mol. The summed E-state index contributed by atoms with van der Waals surface area (Å²) < 4.78 is 3.83. The van der Waals surface area contributed by atoms with Crippen molar-refractivity contribution in [1.82, 2.24) is 24.5 Å². The van der Waals surface area contributed by atoms with Crippen molar-refractivity contribution in [2.45, 2.75) is 50.7 Å². The van der Waals surface area contributed by atoms with Gasteiger partial charge in [0, 0.05) is 18.7 Å². The maximum atomic E-state index is 12.6. The van der Waals surface area contributed by atoms with Gasteiger partial charge in [0.2, 0.25) is 5.91 Å². The van der Waals surface area contributed by atoms with E-state index in [0.717, 1.165) is 22.4 Å². The third-order valence-corrected chi connectivity index (χ3v) is 5.78. The largest absolute Gasteiger partial charge is 0.310 e. The Morgan fingerprint density at radius 2 is 2.12 bits per heavy atom. The van der Waals surface area contributed by atoms with Gasteiger partial charge < -0.3 is 9.88 Å². The Morgan fingerprint density at radius 1 is 1.31 bits per heavy atom. The lowest BCUT2D eigenvalue weighted by Gasteiger charge is -2.15. The molecule has 0 aliphatic heterocycles. The lowest BCUT2D eigenvalue weighted by molar-refractivity contribution is -0.115. The number of thioether (sulfide) groups is 1. The molecule has 3 rings (SSSR count). The number of carbonyl (C=O) groups is 1. The summed E-state index contributed by atoms with van der Waals surface area (Å²) in [6.07, 6.45) is 1.69. The summed E-state index contributed by atoms with van der Waals surface area (Å²) in [5.41, 5.74) is 0. The van der Waals surface area contributed by atoms with E-state index in [0.29, 0.717) is 5.82 Å². The molecule has 0 saturated carbocycles. The molecule has 9 heteroatoms. The molecule has 1 atom stereocenters. The van der Waals surface area contributed by atoms with Gasteiger partial charge >= 0.3 is 0 Å². The monoisotopic (exact) mass is 390 g/mol. The minimum atomic E-state index is -0.309. The molecular weight excluding hydrogens is 368 g/mol. The van der Waals surface area contributed by atoms with Crippen LogP contribution in [0.15, 0.2) is 34.9 Å². The number of anilines is 1. The van der Waals surface area contributed by atoms with Crippen molar-refractivity contribution in [2.75, 3.05) is 5.32 Å². The van der Waals surface area contributed by atoms with Crippen LogP contribution >= 0.6 is 23.1 Å². The summed E-state index contributed by atoms with van der Waals surface area (Å²) >= 11 is 3.04. The van der Waals surface area contributed by atoms with Gasteiger partial charge in [0.1, 0.15) is 5.82 Å². The van der Waals surface area contributed by atoms with Gasteiger partial charge in [0.15, 0.2) is 11.0 Å². The number of hydrogen-bond donors (Lipinski definition) is 1. The van der Waals surface area contributed by atoms with E-state index in [1.165, 1.54) is 11.8 Å². The molecule has 0 bridgehead atoms. The highest BCUT2D eigenvalue weighted by Crippen LogP contribution is 2.29. The van der Waals surface area contributed by atoms with Crippen LogP contribution in [0.3, 0.4) is 0 Å². The maximum absolute atomic E-state index is 12.6. The van der Waals surface area contributed by atoms with Gasteiger partial charge in [0.25, 0.3) is 0 Å². The van der Waals surface area contributed by atoms with Crippen molar-refractivity contribution in [3.8, 4) is 10.7 Å². The SMILES string of the molecule is CCn1c(SC(C)C(=O)Nc2ccnn2C(C)C)nnc1-c1cccs1. The lowest BCUT2D eigenvalue weighted by Crippen LogP contribution is -2.25. The maximum Gasteiger partial charge on any atom is 0.238 e. The van der Waals surface area contributed by atoms with Gasteiger partial charge in [-0.15, -0.1) is 21.5 Å². The lowest BCUT2D eigenvalue weighted by atomic mass is 10.4. The number of nitrogens with zero attached hydrogens (tertiary/aromatic N) is 5. The zero-order valence-electron chi connectivity index (χ0n) is 15.2. The normalized spacial score (nSPS) is 12.5. The van der Waals surface area contributed by atoms with Crippen LogP contribution < -0.4 is 5.32 Å². The minimum Gasteiger partial charge on any atom is -0.310 e. The van der Waals surface area contributed by atoms with Crippen molar-refractivity contribution in [1.29, 1.82) is 0 Å². The molecule has 1 unspecified atom stereocenters. The topological polar surface area (TPSA) is 77.6 Å². The Morgan fingerprint density at radius 3 is 2.77 bits per heavy atom. The Kier molecular flexibility index (Phi) is 5.77. The van der Waals surface area contributed by atoms with Crippen molar-refractivity contribution in [2.24, 2.45) is 0 Å². The van der Waals surface area contributed by atoms with Crippen LogP contribution in [0.25, 0.3) is 10.7 Å². The molecular formula is C17H22N6OS2. The summed E-state index contributed by atoms with van der Waals surface area (Å²) in [4.78, 5) is 13.7. The van der Waals surface area contributed by atoms with E-state index in [9.17, 15) is 4.79 Å². The van der Waals surface area contributed by atoms with Gasteiger partial charge in [-0.3, -0.25) is 4.79 Å². The van der Waals surface area contributed by atoms with E-state index in [4.69, 9.17) is 0 Å². The van der Waals surface area contributed by atoms with Gasteiger partial charge in [0.05, 0.1) is 16.3 Å². The van der Waals surface area contributed by atoms with Gasteiger partial charge in [-0.25, -0.2) is 4.68 Å². The van der Waals surface area contributed by atoms with Gasteiger partial charge in [-0.2, -0.15) is 5.10 Å². The van der Waals surface area contributed by atoms with Crippen LogP contribution in [0.2, 0.25) is 0 Å². The molecule has 3 heterocycles. The van der Waals surface area contributed by atoms with Crippen LogP contribution in [0, 0.1) is 0 Å². The minimum absolute atomic E-state index is 0.0827. The molecule has 0 spiro atoms. The number of rotatable bonds is 7. The number of nitrogens with one attached hydrogen (secondary N) is 1. The smallest absolute Gasteiger partial charge is 0.238 e. The predicted octanol–water partition coefficient (Wildman–Crippen LogP) is 3.92. The Balaban J connectivity index is 1.72. The first kappa shape index (κ1) is 18.7. The highest BCUT2D eigenvalue weighted by atomic mass is 32.2. The second kappa shape index (κ2) is 8.05. The molecule has 1 N–H and O–H groups in total. The van der Waals surface area contributed by atoms with E-state index in [-0.39, 0.29) is 17.2 Å². The number of amides is 1. The highest BCUT2D eigenvalue weighted by Gasteiger charge is 2.21. The molecule has 7 nitrogen and oxygen atoms in total. The fourth-order valence-electron chi connectivity index (χ4n) is 2.51. The van der Waals surface area contributed by atoms with Crippen LogP contribution in [-0.4, -0.2) is 35.7 Å². The number of thiophene rings is 1. The van der Waals surface area contributed by atoms with E-state index in [2.05, 4.69) is 27.5 Å². The fraction of sp³-hybridized carbons (Fsp3) is 0.412. The second-order valence-electron chi connectivity index (χ2n) is 6.03.